The van der Waals surface area contributed by atoms with Crippen LogP contribution in [0.15, 0.2) is 42.5 Å². The Morgan fingerprint density at radius 3 is 2.51 bits per heavy atom. The molecule has 47 heavy (non-hydrogen) atoms. The number of carbonyl (C=O) groups is 2. The molecule has 1 atom stereocenters. The van der Waals surface area contributed by atoms with E-state index in [1.54, 1.807) is 10.7 Å². The first-order valence-electron chi connectivity index (χ1n) is 16.0. The van der Waals surface area contributed by atoms with Gasteiger partial charge in [0.2, 0.25) is 15.9 Å². The number of aromatic nitrogens is 2. The highest BCUT2D eigenvalue weighted by molar-refractivity contribution is 7.88. The number of nitrogens with one attached hydrogen (secondary N) is 1. The summed E-state index contributed by atoms with van der Waals surface area (Å²) in [6.45, 7) is 3.76. The van der Waals surface area contributed by atoms with Gasteiger partial charge >= 0.3 is 0 Å². The highest BCUT2D eigenvalue weighted by Crippen LogP contribution is 2.33. The van der Waals surface area contributed by atoms with Crippen molar-refractivity contribution in [1.82, 2.24) is 29.2 Å². The third-order valence-corrected chi connectivity index (χ3v) is 11.0. The minimum absolute atomic E-state index is 0.114. The van der Waals surface area contributed by atoms with Crippen LogP contribution in [0.1, 0.15) is 52.9 Å². The Labute approximate surface area is 279 Å². The molecule has 0 aliphatic carbocycles. The number of hydrogen-bond donors (Lipinski definition) is 2. The van der Waals surface area contributed by atoms with Gasteiger partial charge in [0.15, 0.2) is 0 Å². The Kier molecular flexibility index (Phi) is 10.00. The van der Waals surface area contributed by atoms with Gasteiger partial charge in [-0.25, -0.2) is 12.8 Å². The van der Waals surface area contributed by atoms with E-state index in [-0.39, 0.29) is 37.5 Å². The molecule has 2 amide bonds. The molecule has 3 aliphatic heterocycles. The summed E-state index contributed by atoms with van der Waals surface area (Å²) in [5, 5.41) is 19.4. The fourth-order valence-electron chi connectivity index (χ4n) is 6.89. The Bertz CT molecular complexity index is 1740. The lowest BCUT2D eigenvalue weighted by atomic mass is 10.0. The normalized spacial score (nSPS) is 18.8. The van der Waals surface area contributed by atoms with Gasteiger partial charge in [0.25, 0.3) is 5.91 Å². The Balaban J connectivity index is 1.18. The van der Waals surface area contributed by atoms with E-state index < -0.39 is 21.9 Å². The molecule has 11 nitrogen and oxygen atoms in total. The maximum atomic E-state index is 13.3. The average Bonchev–Trinajstić information content (AvgIpc) is 3.63. The largest absolute Gasteiger partial charge is 0.390 e. The molecule has 1 aromatic heterocycles. The van der Waals surface area contributed by atoms with Gasteiger partial charge in [0.05, 0.1) is 24.6 Å². The first-order chi connectivity index (χ1) is 22.5. The Morgan fingerprint density at radius 1 is 1.09 bits per heavy atom. The van der Waals surface area contributed by atoms with Crippen molar-refractivity contribution in [2.24, 2.45) is 0 Å². The quantitative estimate of drug-likeness (QED) is 0.336. The van der Waals surface area contributed by atoms with Crippen molar-refractivity contribution in [3.8, 4) is 11.3 Å². The van der Waals surface area contributed by atoms with Crippen LogP contribution in [0.4, 0.5) is 4.39 Å². The molecule has 3 aromatic rings. The summed E-state index contributed by atoms with van der Waals surface area (Å²) in [6, 6.07) is 10.9. The number of amides is 2. The average molecular weight is 687 g/mol. The predicted molar refractivity (Wildman–Crippen MR) is 176 cm³/mol. The number of nitrogens with zero attached hydrogens (tertiary/aromatic N) is 5. The zero-order chi connectivity index (χ0) is 33.3. The summed E-state index contributed by atoms with van der Waals surface area (Å²) in [4.78, 5) is 29.1. The van der Waals surface area contributed by atoms with Gasteiger partial charge in [-0.1, -0.05) is 17.7 Å². The summed E-state index contributed by atoms with van der Waals surface area (Å²) in [5.41, 5.74) is 3.91. The molecule has 0 spiro atoms. The monoisotopic (exact) mass is 686 g/mol. The van der Waals surface area contributed by atoms with Gasteiger partial charge in [-0.2, -0.15) is 9.40 Å². The van der Waals surface area contributed by atoms with Crippen molar-refractivity contribution in [2.45, 2.75) is 63.9 Å². The molecule has 6 rings (SSSR count). The van der Waals surface area contributed by atoms with Crippen LogP contribution in [-0.2, 0) is 40.9 Å². The maximum Gasteiger partial charge on any atom is 0.251 e. The standard InChI is InChI=1S/C33H40ClFN6O5S/c1-47(45,46)39-16-12-30-28(21-39)32(23-6-9-29(34)24(17-23)18-36-33(44)22-4-7-25(35)8-5-22)37-41(30)20-27(42)19-38-14-10-26(11-15-38)40-13-2-3-31(40)43/h4-9,17,26-27,42H,2-3,10-16,18-21H2,1H3,(H,36,44). The zero-order valence-corrected chi connectivity index (χ0v) is 27.9. The summed E-state index contributed by atoms with van der Waals surface area (Å²) in [6.07, 6.45) is 4.30. The molecule has 252 valence electrons. The molecule has 3 aliphatic rings. The minimum atomic E-state index is -3.45. The zero-order valence-electron chi connectivity index (χ0n) is 26.4. The van der Waals surface area contributed by atoms with Gasteiger partial charge in [-0.15, -0.1) is 0 Å². The van der Waals surface area contributed by atoms with E-state index in [2.05, 4.69) is 10.2 Å². The van der Waals surface area contributed by atoms with Crippen LogP contribution in [0, 0.1) is 5.82 Å². The van der Waals surface area contributed by atoms with E-state index in [0.29, 0.717) is 53.3 Å². The van der Waals surface area contributed by atoms with Crippen LogP contribution >= 0.6 is 11.6 Å². The van der Waals surface area contributed by atoms with E-state index in [0.717, 1.165) is 50.2 Å². The number of carbonyl (C=O) groups excluding carboxylic acids is 2. The van der Waals surface area contributed by atoms with Crippen molar-refractivity contribution in [2.75, 3.05) is 39.0 Å². The number of sulfonamides is 1. The highest BCUT2D eigenvalue weighted by atomic mass is 35.5. The second kappa shape index (κ2) is 14.0. The van der Waals surface area contributed by atoms with Crippen molar-refractivity contribution < 1.29 is 27.5 Å². The van der Waals surface area contributed by atoms with E-state index in [4.69, 9.17) is 16.7 Å². The molecule has 0 radical (unpaired) electrons. The number of hydrogen-bond acceptors (Lipinski definition) is 7. The molecule has 4 heterocycles. The fraction of sp³-hybridized carbons (Fsp3) is 0.485. The fourth-order valence-corrected chi connectivity index (χ4v) is 7.86. The molecule has 2 N–H and O–H groups in total. The smallest absolute Gasteiger partial charge is 0.251 e. The van der Waals surface area contributed by atoms with Crippen LogP contribution in [0.3, 0.4) is 0 Å². The van der Waals surface area contributed by atoms with E-state index >= 15 is 0 Å². The molecular weight excluding hydrogens is 647 g/mol. The number of aliphatic hydroxyl groups is 1. The number of β-amino-alcohol motifs (C(OH)–C–C–N with tert-alkyl or cyclic N) is 1. The van der Waals surface area contributed by atoms with Crippen LogP contribution in [0.5, 0.6) is 0 Å². The second-order valence-electron chi connectivity index (χ2n) is 12.7. The lowest BCUT2D eigenvalue weighted by molar-refractivity contribution is -0.130. The minimum Gasteiger partial charge on any atom is -0.390 e. The molecule has 2 saturated heterocycles. The van der Waals surface area contributed by atoms with Crippen molar-refractivity contribution >= 4 is 33.4 Å². The van der Waals surface area contributed by atoms with Gasteiger partial charge in [-0.05, 0) is 61.2 Å². The Hall–Kier alpha value is -3.36. The third-order valence-electron chi connectivity index (χ3n) is 9.39. The Morgan fingerprint density at radius 2 is 1.83 bits per heavy atom. The van der Waals surface area contributed by atoms with Crippen LogP contribution in [0.2, 0.25) is 5.02 Å². The van der Waals surface area contributed by atoms with Crippen LogP contribution in [-0.4, -0.2) is 100 Å². The topological polar surface area (TPSA) is 128 Å². The van der Waals surface area contributed by atoms with Gasteiger partial charge in [0, 0.05) is 92.1 Å². The summed E-state index contributed by atoms with van der Waals surface area (Å²) < 4.78 is 41.5. The third kappa shape index (κ3) is 7.70. The number of likely N-dealkylation sites (tertiary alicyclic amines) is 2. The molecule has 0 bridgehead atoms. The SMILES string of the molecule is CS(=O)(=O)N1CCc2c(c(-c3ccc(Cl)c(CNC(=O)c4ccc(F)cc4)c3)nn2CC(O)CN2CCC(N3CCCC3=O)CC2)C1. The molecule has 14 heteroatoms. The lowest BCUT2D eigenvalue weighted by Gasteiger charge is -2.37. The maximum absolute atomic E-state index is 13.3. The molecular formula is C33H40ClFN6O5S. The van der Waals surface area contributed by atoms with Crippen molar-refractivity contribution in [3.05, 3.63) is 75.7 Å². The molecule has 2 fully saturated rings. The number of fused-ring (bicyclic) bond motifs is 1. The first-order valence-corrected chi connectivity index (χ1v) is 18.2. The first kappa shape index (κ1) is 33.5. The van der Waals surface area contributed by atoms with Gasteiger partial charge in [0.1, 0.15) is 5.82 Å². The summed E-state index contributed by atoms with van der Waals surface area (Å²) in [5.74, 6) is -0.558. The summed E-state index contributed by atoms with van der Waals surface area (Å²) in [7, 11) is -3.45. The number of rotatable bonds is 10. The number of halogens is 2. The predicted octanol–water partition coefficient (Wildman–Crippen LogP) is 3.04. The molecule has 0 saturated carbocycles. The van der Waals surface area contributed by atoms with E-state index in [9.17, 15) is 27.5 Å². The molecule has 2 aromatic carbocycles. The van der Waals surface area contributed by atoms with Crippen LogP contribution in [0.25, 0.3) is 11.3 Å². The molecule has 1 unspecified atom stereocenters. The second-order valence-corrected chi connectivity index (χ2v) is 15.1. The van der Waals surface area contributed by atoms with Crippen molar-refractivity contribution in [3.63, 3.8) is 0 Å². The van der Waals surface area contributed by atoms with E-state index in [1.165, 1.54) is 34.8 Å². The van der Waals surface area contributed by atoms with Gasteiger partial charge < -0.3 is 20.2 Å². The van der Waals surface area contributed by atoms with Crippen LogP contribution < -0.4 is 5.32 Å². The van der Waals surface area contributed by atoms with E-state index in [1.807, 2.05) is 17.0 Å². The van der Waals surface area contributed by atoms with Gasteiger partial charge in [-0.3, -0.25) is 14.3 Å². The van der Waals surface area contributed by atoms with Crippen molar-refractivity contribution in [1.29, 1.82) is 0 Å². The number of aliphatic hydroxyl groups excluding tert-OH is 1. The lowest BCUT2D eigenvalue weighted by Crippen LogP contribution is -2.47. The summed E-state index contributed by atoms with van der Waals surface area (Å²) >= 11 is 6.51. The highest BCUT2D eigenvalue weighted by Gasteiger charge is 2.33. The number of benzene rings is 2. The number of piperidine rings is 1.